The summed E-state index contributed by atoms with van der Waals surface area (Å²) in [5.74, 6) is 0. The Morgan fingerprint density at radius 3 is 2.05 bits per heavy atom. The molecule has 2 nitrogen and oxygen atoms in total. The normalized spacial score (nSPS) is 24.6. The topological polar surface area (TPSA) is 24.4 Å². The van der Waals surface area contributed by atoms with Crippen LogP contribution in [-0.2, 0) is 5.54 Å². The lowest BCUT2D eigenvalue weighted by atomic mass is 9.82. The number of nitrogens with zero attached hydrogens (tertiary/aromatic N) is 1. The van der Waals surface area contributed by atoms with E-state index in [1.165, 1.54) is 22.3 Å². The van der Waals surface area contributed by atoms with Crippen molar-refractivity contribution in [3.63, 3.8) is 0 Å². The van der Waals surface area contributed by atoms with E-state index in [0.717, 1.165) is 0 Å². The molecule has 0 amide bonds. The molecule has 0 bridgehead atoms. The molecule has 2 unspecified atom stereocenters. The molecule has 0 aromatic heterocycles. The number of benzene rings is 2. The van der Waals surface area contributed by atoms with Crippen LogP contribution in [0.3, 0.4) is 0 Å². The Balaban J connectivity index is 2.04. The van der Waals surface area contributed by atoms with Crippen molar-refractivity contribution < 1.29 is 0 Å². The molecule has 3 heteroatoms. The third-order valence-corrected chi connectivity index (χ3v) is 4.39. The van der Waals surface area contributed by atoms with Gasteiger partial charge in [-0.2, -0.15) is 0 Å². The molecular formula is C18H19ClN2. The van der Waals surface area contributed by atoms with Crippen molar-refractivity contribution in [2.24, 2.45) is 4.99 Å². The number of aryl methyl sites for hydroxylation is 2. The van der Waals surface area contributed by atoms with Crippen LogP contribution in [-0.4, -0.2) is 5.29 Å². The van der Waals surface area contributed by atoms with E-state index in [-0.39, 0.29) is 11.6 Å². The van der Waals surface area contributed by atoms with Crippen LogP contribution < -0.4 is 5.32 Å². The molecule has 2 aromatic rings. The van der Waals surface area contributed by atoms with Gasteiger partial charge in [0.05, 0.1) is 5.54 Å². The van der Waals surface area contributed by atoms with Gasteiger partial charge in [0.15, 0.2) is 5.29 Å². The van der Waals surface area contributed by atoms with Gasteiger partial charge in [0.25, 0.3) is 0 Å². The van der Waals surface area contributed by atoms with Crippen LogP contribution >= 0.6 is 11.6 Å². The van der Waals surface area contributed by atoms with Crippen LogP contribution in [0.1, 0.15) is 35.2 Å². The quantitative estimate of drug-likeness (QED) is 0.813. The summed E-state index contributed by atoms with van der Waals surface area (Å²) >= 11 is 6.19. The third-order valence-electron chi connectivity index (χ3n) is 4.20. The van der Waals surface area contributed by atoms with E-state index in [4.69, 9.17) is 11.6 Å². The van der Waals surface area contributed by atoms with E-state index in [9.17, 15) is 0 Å². The number of amidine groups is 1. The molecule has 1 aliphatic heterocycles. The summed E-state index contributed by atoms with van der Waals surface area (Å²) in [5, 5.41) is 3.82. The minimum Gasteiger partial charge on any atom is -0.349 e. The summed E-state index contributed by atoms with van der Waals surface area (Å²) in [6.45, 7) is 6.34. The van der Waals surface area contributed by atoms with Crippen molar-refractivity contribution in [2.45, 2.75) is 32.4 Å². The molecule has 0 saturated heterocycles. The van der Waals surface area contributed by atoms with Crippen LogP contribution in [0.4, 0.5) is 0 Å². The molecule has 1 heterocycles. The van der Waals surface area contributed by atoms with E-state index in [0.29, 0.717) is 5.29 Å². The van der Waals surface area contributed by atoms with Crippen molar-refractivity contribution in [3.05, 3.63) is 70.8 Å². The molecule has 0 aliphatic carbocycles. The van der Waals surface area contributed by atoms with Crippen molar-refractivity contribution in [3.8, 4) is 0 Å². The number of hydrogen-bond acceptors (Lipinski definition) is 2. The second kappa shape index (κ2) is 5.19. The van der Waals surface area contributed by atoms with Gasteiger partial charge in [-0.1, -0.05) is 59.7 Å². The van der Waals surface area contributed by atoms with Crippen molar-refractivity contribution in [2.75, 3.05) is 0 Å². The van der Waals surface area contributed by atoms with Gasteiger partial charge in [0.1, 0.15) is 6.04 Å². The highest BCUT2D eigenvalue weighted by Gasteiger charge is 2.42. The molecular weight excluding hydrogens is 280 g/mol. The molecule has 0 spiro atoms. The summed E-state index contributed by atoms with van der Waals surface area (Å²) in [6.07, 6.45) is 0. The van der Waals surface area contributed by atoms with E-state index in [1.807, 2.05) is 0 Å². The zero-order chi connectivity index (χ0) is 15.0. The van der Waals surface area contributed by atoms with Crippen LogP contribution in [0.25, 0.3) is 0 Å². The fourth-order valence-electron chi connectivity index (χ4n) is 2.84. The zero-order valence-electron chi connectivity index (χ0n) is 12.5. The smallest absolute Gasteiger partial charge is 0.192 e. The van der Waals surface area contributed by atoms with Crippen molar-refractivity contribution in [1.29, 1.82) is 0 Å². The molecule has 0 saturated carbocycles. The Kier molecular flexibility index (Phi) is 3.50. The van der Waals surface area contributed by atoms with E-state index >= 15 is 0 Å². The largest absolute Gasteiger partial charge is 0.349 e. The molecule has 0 radical (unpaired) electrons. The number of nitrogens with one attached hydrogen (secondary N) is 1. The average Bonchev–Trinajstić information content (AvgIpc) is 2.76. The van der Waals surface area contributed by atoms with Gasteiger partial charge in [-0.3, -0.25) is 0 Å². The van der Waals surface area contributed by atoms with Gasteiger partial charge in [0, 0.05) is 0 Å². The highest BCUT2D eigenvalue weighted by Crippen LogP contribution is 2.41. The Labute approximate surface area is 130 Å². The average molecular weight is 299 g/mol. The SMILES string of the molecule is Cc1ccc(C2N=C(Cl)NC2(C)c2ccc(C)cc2)cc1. The van der Waals surface area contributed by atoms with E-state index in [2.05, 4.69) is 79.6 Å². The molecule has 3 rings (SSSR count). The third kappa shape index (κ3) is 2.56. The Hall–Kier alpha value is -1.80. The maximum atomic E-state index is 6.19. The molecule has 1 N–H and O–H groups in total. The summed E-state index contributed by atoms with van der Waals surface area (Å²) in [5.41, 5.74) is 4.54. The highest BCUT2D eigenvalue weighted by molar-refractivity contribution is 6.65. The zero-order valence-corrected chi connectivity index (χ0v) is 13.3. The predicted octanol–water partition coefficient (Wildman–Crippen LogP) is 4.46. The fourth-order valence-corrected chi connectivity index (χ4v) is 3.14. The maximum absolute atomic E-state index is 6.19. The second-order valence-electron chi connectivity index (χ2n) is 5.93. The van der Waals surface area contributed by atoms with Crippen LogP contribution in [0.5, 0.6) is 0 Å². The molecule has 2 atom stereocenters. The van der Waals surface area contributed by atoms with Crippen molar-refractivity contribution in [1.82, 2.24) is 5.32 Å². The Morgan fingerprint density at radius 1 is 0.952 bits per heavy atom. The lowest BCUT2D eigenvalue weighted by Gasteiger charge is -2.31. The van der Waals surface area contributed by atoms with Gasteiger partial charge in [-0.25, -0.2) is 4.99 Å². The molecule has 108 valence electrons. The van der Waals surface area contributed by atoms with Crippen LogP contribution in [0.15, 0.2) is 53.5 Å². The maximum Gasteiger partial charge on any atom is 0.192 e. The highest BCUT2D eigenvalue weighted by atomic mass is 35.5. The molecule has 2 aromatic carbocycles. The lowest BCUT2D eigenvalue weighted by Crippen LogP contribution is -2.40. The molecule has 21 heavy (non-hydrogen) atoms. The van der Waals surface area contributed by atoms with Crippen LogP contribution in [0, 0.1) is 13.8 Å². The number of rotatable bonds is 2. The van der Waals surface area contributed by atoms with Crippen LogP contribution in [0.2, 0.25) is 0 Å². The summed E-state index contributed by atoms with van der Waals surface area (Å²) in [4.78, 5) is 4.61. The lowest BCUT2D eigenvalue weighted by molar-refractivity contribution is 0.387. The first-order valence-corrected chi connectivity index (χ1v) is 7.52. The van der Waals surface area contributed by atoms with E-state index < -0.39 is 0 Å². The molecule has 1 aliphatic rings. The minimum atomic E-state index is -0.319. The Bertz CT molecular complexity index is 673. The number of hydrogen-bond donors (Lipinski definition) is 1. The first-order valence-electron chi connectivity index (χ1n) is 7.14. The number of aliphatic imine (C=N–C) groups is 1. The van der Waals surface area contributed by atoms with Gasteiger partial charge in [-0.05, 0) is 43.5 Å². The minimum absolute atomic E-state index is 0.0201. The van der Waals surface area contributed by atoms with E-state index in [1.54, 1.807) is 0 Å². The first-order chi connectivity index (χ1) is 9.99. The Morgan fingerprint density at radius 2 is 1.48 bits per heavy atom. The predicted molar refractivity (Wildman–Crippen MR) is 88.9 cm³/mol. The monoisotopic (exact) mass is 298 g/mol. The fraction of sp³-hybridized carbons (Fsp3) is 0.278. The summed E-state index contributed by atoms with van der Waals surface area (Å²) < 4.78 is 0. The standard InChI is InChI=1S/C18H19ClN2/c1-12-4-8-14(9-5-12)16-18(3,21-17(19)20-16)15-10-6-13(2)7-11-15/h4-11,16H,1-3H3,(H,20,21). The van der Waals surface area contributed by atoms with Gasteiger partial charge in [0.2, 0.25) is 0 Å². The first kappa shape index (κ1) is 14.2. The van der Waals surface area contributed by atoms with Crippen molar-refractivity contribution >= 4 is 16.9 Å². The van der Waals surface area contributed by atoms with Gasteiger partial charge < -0.3 is 5.32 Å². The summed E-state index contributed by atoms with van der Waals surface area (Å²) in [6, 6.07) is 17.0. The number of halogens is 1. The van der Waals surface area contributed by atoms with Gasteiger partial charge in [-0.15, -0.1) is 0 Å². The summed E-state index contributed by atoms with van der Waals surface area (Å²) in [7, 11) is 0. The second-order valence-corrected chi connectivity index (χ2v) is 6.28. The molecule has 0 fully saturated rings. The van der Waals surface area contributed by atoms with Gasteiger partial charge >= 0.3 is 0 Å².